The van der Waals surface area contributed by atoms with Gasteiger partial charge in [-0.05, 0) is 34.9 Å². The fraction of sp³-hybridized carbons (Fsp3) is 0.158. The molecule has 0 aliphatic heterocycles. The van der Waals surface area contributed by atoms with Gasteiger partial charge in [-0.15, -0.1) is 0 Å². The third-order valence-electron chi connectivity index (χ3n) is 4.00. The molecule has 1 atom stereocenters. The smallest absolute Gasteiger partial charge is 0.398 e. The van der Waals surface area contributed by atoms with Crippen molar-refractivity contribution in [3.05, 3.63) is 77.4 Å². The molecule has 9 heteroatoms. The number of rotatable bonds is 5. The number of benzene rings is 2. The van der Waals surface area contributed by atoms with Gasteiger partial charge >= 0.3 is 13.1 Å². The Hall–Kier alpha value is -3.10. The second-order valence-corrected chi connectivity index (χ2v) is 5.83. The molecular weight excluding hydrogens is 364 g/mol. The van der Waals surface area contributed by atoms with E-state index >= 15 is 0 Å². The molecule has 1 amide bonds. The van der Waals surface area contributed by atoms with Crippen LogP contribution >= 0.6 is 0 Å². The first kappa shape index (κ1) is 21.2. The molecule has 28 heavy (non-hydrogen) atoms. The molecule has 0 bridgehead atoms. The number of fused-ring (bicyclic) bond motifs is 1. The van der Waals surface area contributed by atoms with E-state index in [0.29, 0.717) is 24.3 Å². The molecule has 1 unspecified atom stereocenters. The van der Waals surface area contributed by atoms with Crippen LogP contribution in [0.3, 0.4) is 0 Å². The molecule has 2 aromatic carbocycles. The summed E-state index contributed by atoms with van der Waals surface area (Å²) in [6.07, 6.45) is 4.74. The van der Waals surface area contributed by atoms with E-state index in [2.05, 4.69) is 29.1 Å². The van der Waals surface area contributed by atoms with Gasteiger partial charge in [-0.1, -0.05) is 42.5 Å². The van der Waals surface area contributed by atoms with Crippen LogP contribution in [0.5, 0.6) is 0 Å². The van der Waals surface area contributed by atoms with Crippen LogP contribution in [-0.2, 0) is 16.0 Å². The average molecular weight is 383 g/mol. The first-order chi connectivity index (χ1) is 13.4. The van der Waals surface area contributed by atoms with Crippen LogP contribution in [0.25, 0.3) is 16.3 Å². The normalized spacial score (nSPS) is 15.3. The number of hydrogen-bond donors (Lipinski definition) is 3. The number of carbonyl (C=O) groups excluding carboxylic acids is 1. The van der Waals surface area contributed by atoms with Crippen molar-refractivity contribution in [3.8, 4) is 0 Å². The van der Waals surface area contributed by atoms with E-state index in [9.17, 15) is 9.11 Å². The minimum Gasteiger partial charge on any atom is -0.398 e. The molecule has 144 valence electrons. The Balaban J connectivity index is 0.000000640. The van der Waals surface area contributed by atoms with E-state index in [1.54, 1.807) is 6.08 Å². The number of amides is 1. The van der Waals surface area contributed by atoms with Crippen LogP contribution in [0.1, 0.15) is 5.56 Å². The van der Waals surface area contributed by atoms with Gasteiger partial charge in [0, 0.05) is 11.6 Å². The minimum atomic E-state index is -2.67. The van der Waals surface area contributed by atoms with E-state index < -0.39 is 19.4 Å². The molecule has 0 saturated heterocycles. The summed E-state index contributed by atoms with van der Waals surface area (Å²) in [5.74, 6) is -0.536. The zero-order valence-corrected chi connectivity index (χ0v) is 14.9. The number of carbonyl (C=O) groups is 1. The van der Waals surface area contributed by atoms with Crippen LogP contribution in [0.4, 0.5) is 4.32 Å². The Morgan fingerprint density at radius 1 is 1.21 bits per heavy atom. The lowest BCUT2D eigenvalue weighted by molar-refractivity contribution is -0.114. The highest BCUT2D eigenvalue weighted by atomic mass is 19.1. The second-order valence-electron chi connectivity index (χ2n) is 5.83. The number of halogens is 1. The summed E-state index contributed by atoms with van der Waals surface area (Å²) >= 11 is 0. The fourth-order valence-corrected chi connectivity index (χ4v) is 2.77. The van der Waals surface area contributed by atoms with Crippen LogP contribution in [-0.4, -0.2) is 46.6 Å². The zero-order chi connectivity index (χ0) is 20.5. The topological polar surface area (TPSA) is 129 Å². The van der Waals surface area contributed by atoms with Crippen molar-refractivity contribution in [3.63, 3.8) is 0 Å². The molecule has 1 aliphatic rings. The van der Waals surface area contributed by atoms with Gasteiger partial charge < -0.3 is 26.0 Å². The molecule has 7 nitrogen and oxygen atoms in total. The van der Waals surface area contributed by atoms with Crippen molar-refractivity contribution in [2.24, 2.45) is 5.73 Å². The van der Waals surface area contributed by atoms with Gasteiger partial charge in [0.1, 0.15) is 0 Å². The van der Waals surface area contributed by atoms with Crippen molar-refractivity contribution in [2.75, 3.05) is 6.61 Å². The second kappa shape index (κ2) is 10.3. The highest BCUT2D eigenvalue weighted by Gasteiger charge is 2.25. The summed E-state index contributed by atoms with van der Waals surface area (Å²) in [4.78, 5) is 14.5. The largest absolute Gasteiger partial charge is 0.674 e. The van der Waals surface area contributed by atoms with Crippen LogP contribution in [0.2, 0.25) is 0 Å². The lowest BCUT2D eigenvalue weighted by Gasteiger charge is -2.13. The van der Waals surface area contributed by atoms with Crippen LogP contribution in [0, 0.1) is 0 Å². The van der Waals surface area contributed by atoms with Gasteiger partial charge in [0.25, 0.3) is 0 Å². The van der Waals surface area contributed by atoms with Crippen LogP contribution < -0.4 is 5.73 Å². The molecule has 0 heterocycles. The van der Waals surface area contributed by atoms with Crippen molar-refractivity contribution >= 4 is 29.8 Å². The van der Waals surface area contributed by atoms with E-state index in [4.69, 9.17) is 26.0 Å². The molecule has 0 saturated carbocycles. The quantitative estimate of drug-likeness (QED) is 0.409. The number of ether oxygens (including phenoxy) is 1. The third-order valence-corrected chi connectivity index (χ3v) is 4.00. The Morgan fingerprint density at radius 3 is 2.57 bits per heavy atom. The van der Waals surface area contributed by atoms with Crippen LogP contribution in [0.15, 0.2) is 66.3 Å². The molecule has 0 radical (unpaired) electrons. The van der Waals surface area contributed by atoms with E-state index in [1.165, 1.54) is 28.5 Å². The average Bonchev–Trinajstić information content (AvgIpc) is 2.67. The lowest BCUT2D eigenvalue weighted by Crippen LogP contribution is -2.28. The summed E-state index contributed by atoms with van der Waals surface area (Å²) in [6.45, 7) is 0.425. The monoisotopic (exact) mass is 383 g/mol. The Kier molecular flexibility index (Phi) is 7.80. The van der Waals surface area contributed by atoms with Gasteiger partial charge in [-0.25, -0.2) is 0 Å². The van der Waals surface area contributed by atoms with Gasteiger partial charge in [0.2, 0.25) is 5.91 Å². The highest BCUT2D eigenvalue weighted by molar-refractivity contribution is 6.31. The van der Waals surface area contributed by atoms with Crippen molar-refractivity contribution in [2.45, 2.75) is 12.5 Å². The Morgan fingerprint density at radius 2 is 1.89 bits per heavy atom. The maximum atomic E-state index is 11.3. The predicted molar refractivity (Wildman–Crippen MR) is 104 cm³/mol. The number of primary amides is 1. The number of nitrogens with two attached hydrogens (primary N) is 1. The minimum absolute atomic E-state index is 0.345. The summed E-state index contributed by atoms with van der Waals surface area (Å²) in [7, 11) is -2.67. The molecule has 0 aromatic heterocycles. The molecule has 1 aliphatic carbocycles. The predicted octanol–water partition coefficient (Wildman–Crippen LogP) is 1.35. The van der Waals surface area contributed by atoms with Gasteiger partial charge in [-0.3, -0.25) is 9.11 Å². The molecule has 3 rings (SSSR count). The Labute approximate surface area is 161 Å². The summed E-state index contributed by atoms with van der Waals surface area (Å²) in [5.41, 5.74) is 16.2. The highest BCUT2D eigenvalue weighted by Crippen LogP contribution is 2.19. The first-order valence-corrected chi connectivity index (χ1v) is 8.42. The first-order valence-electron chi connectivity index (χ1n) is 8.42. The SMILES string of the molecule is OB(O)F.[N-]=[N+]=C1C=CC(C(N)=O)=CC1OCCc1cccc2ccccc12. The van der Waals surface area contributed by atoms with Crippen molar-refractivity contribution < 1.29 is 28.7 Å². The molecule has 0 fully saturated rings. The van der Waals surface area contributed by atoms with E-state index in [0.717, 1.165) is 0 Å². The van der Waals surface area contributed by atoms with Gasteiger partial charge in [0.05, 0.1) is 6.61 Å². The van der Waals surface area contributed by atoms with Crippen molar-refractivity contribution in [1.82, 2.24) is 0 Å². The molecule has 4 N–H and O–H groups in total. The maximum Gasteiger partial charge on any atom is 0.674 e. The number of hydrogen-bond acceptors (Lipinski definition) is 4. The summed E-state index contributed by atoms with van der Waals surface area (Å²) < 4.78 is 15.9. The summed E-state index contributed by atoms with van der Waals surface area (Å²) in [5, 5.41) is 16.3. The number of nitrogens with zero attached hydrogens (tertiary/aromatic N) is 2. The fourth-order valence-electron chi connectivity index (χ4n) is 2.77. The summed E-state index contributed by atoms with van der Waals surface area (Å²) in [6, 6.07) is 14.3. The van der Waals surface area contributed by atoms with Gasteiger partial charge in [0.15, 0.2) is 6.10 Å². The molecule has 0 spiro atoms. The Bertz CT molecular complexity index is 947. The van der Waals surface area contributed by atoms with E-state index in [-0.39, 0.29) is 0 Å². The standard InChI is InChI=1S/C19H17N3O2.BFH2O2/c20-19(23)15-8-9-17(22-21)18(12-15)24-11-10-14-6-3-5-13-4-1-2-7-16(13)14;2-1(3)4/h1-9,12,18H,10-11H2,(H2,20,23);3-4H. The zero-order valence-electron chi connectivity index (χ0n) is 14.9. The van der Waals surface area contributed by atoms with Gasteiger partial charge in [-0.2, -0.15) is 4.79 Å². The lowest BCUT2D eigenvalue weighted by atomic mass is 10.0. The van der Waals surface area contributed by atoms with E-state index in [1.807, 2.05) is 18.2 Å². The molecule has 2 aromatic rings. The maximum absolute atomic E-state index is 11.3. The third kappa shape index (κ3) is 5.97. The van der Waals surface area contributed by atoms with Crippen molar-refractivity contribution in [1.29, 1.82) is 0 Å². The molecular formula is C19H19BFN3O4.